The van der Waals surface area contributed by atoms with E-state index in [9.17, 15) is 4.79 Å². The number of methoxy groups -OCH3 is 1. The fourth-order valence-electron chi connectivity index (χ4n) is 0.443. The van der Waals surface area contributed by atoms with E-state index < -0.39 is 0 Å². The van der Waals surface area contributed by atoms with Crippen LogP contribution in [0.1, 0.15) is 0 Å². The summed E-state index contributed by atoms with van der Waals surface area (Å²) in [6, 6.07) is -0.179. The first kappa shape index (κ1) is 5.85. The lowest BCUT2D eigenvalue weighted by atomic mass is 10.5. The Kier molecular flexibility index (Phi) is 1.40. The van der Waals surface area contributed by atoms with Gasteiger partial charge in [-0.2, -0.15) is 0 Å². The monoisotopic (exact) mass is 135 g/mol. The van der Waals surface area contributed by atoms with E-state index in [1.807, 2.05) is 0 Å². The molecule has 0 aliphatic carbocycles. The molecular weight excluding hydrogens is 130 g/mol. The van der Waals surface area contributed by atoms with Crippen molar-refractivity contribution in [2.24, 2.45) is 0 Å². The molecule has 1 unspecified atom stereocenters. The molecule has 0 aromatic rings. The zero-order valence-electron chi connectivity index (χ0n) is 4.43. The molecule has 0 amide bonds. The van der Waals surface area contributed by atoms with Crippen molar-refractivity contribution in [3.05, 3.63) is 0 Å². The number of hydrogen-bond donors (Lipinski definition) is 0. The standard InChI is InChI=1S/C4H6ClNO2/c1-8-4(7)3-2-6(3)5/h3H,2H2,1H3/t3-,6?/m0/s1. The minimum Gasteiger partial charge on any atom is -0.468 e. The predicted molar refractivity (Wildman–Crippen MR) is 28.4 cm³/mol. The average molecular weight is 136 g/mol. The number of ether oxygens (including phenoxy) is 1. The summed E-state index contributed by atoms with van der Waals surface area (Å²) in [6.07, 6.45) is 0. The lowest BCUT2D eigenvalue weighted by Crippen LogP contribution is -2.10. The molecule has 0 bridgehead atoms. The SMILES string of the molecule is COC(=O)[C@@H]1CN1Cl. The first-order valence-electron chi connectivity index (χ1n) is 2.26. The third-order valence-corrected chi connectivity index (χ3v) is 1.40. The molecule has 1 aliphatic rings. The number of hydrogen-bond acceptors (Lipinski definition) is 3. The first-order valence-corrected chi connectivity index (χ1v) is 2.59. The molecule has 46 valence electrons. The molecule has 0 saturated carbocycles. The summed E-state index contributed by atoms with van der Waals surface area (Å²) in [4.78, 5) is 10.4. The molecule has 3 nitrogen and oxygen atoms in total. The molecular formula is C4H6ClNO2. The van der Waals surface area contributed by atoms with E-state index in [-0.39, 0.29) is 12.0 Å². The van der Waals surface area contributed by atoms with Gasteiger partial charge in [-0.05, 0) is 11.8 Å². The van der Waals surface area contributed by atoms with Gasteiger partial charge in [0, 0.05) is 6.54 Å². The van der Waals surface area contributed by atoms with Crippen LogP contribution in [0.25, 0.3) is 0 Å². The van der Waals surface area contributed by atoms with Crippen molar-refractivity contribution in [2.45, 2.75) is 6.04 Å². The molecule has 0 radical (unpaired) electrons. The highest BCUT2D eigenvalue weighted by Gasteiger charge is 2.40. The quantitative estimate of drug-likeness (QED) is 0.288. The van der Waals surface area contributed by atoms with E-state index >= 15 is 0 Å². The van der Waals surface area contributed by atoms with Crippen LogP contribution in [0.2, 0.25) is 0 Å². The van der Waals surface area contributed by atoms with Crippen LogP contribution in [0.4, 0.5) is 0 Å². The summed E-state index contributed by atoms with van der Waals surface area (Å²) in [5.41, 5.74) is 0. The van der Waals surface area contributed by atoms with Gasteiger partial charge in [0.05, 0.1) is 7.11 Å². The lowest BCUT2D eigenvalue weighted by molar-refractivity contribution is -0.140. The van der Waals surface area contributed by atoms with Crippen molar-refractivity contribution in [3.8, 4) is 0 Å². The highest BCUT2D eigenvalue weighted by Crippen LogP contribution is 2.20. The van der Waals surface area contributed by atoms with Crippen LogP contribution in [0.5, 0.6) is 0 Å². The maximum absolute atomic E-state index is 10.4. The summed E-state index contributed by atoms with van der Waals surface area (Å²) < 4.78 is 5.77. The van der Waals surface area contributed by atoms with Crippen molar-refractivity contribution in [1.29, 1.82) is 0 Å². The van der Waals surface area contributed by atoms with Gasteiger partial charge in [-0.3, -0.25) is 4.79 Å². The van der Waals surface area contributed by atoms with Crippen LogP contribution in [-0.2, 0) is 9.53 Å². The van der Waals surface area contributed by atoms with Crippen molar-refractivity contribution < 1.29 is 9.53 Å². The van der Waals surface area contributed by atoms with Gasteiger partial charge in [0.2, 0.25) is 0 Å². The van der Waals surface area contributed by atoms with Crippen molar-refractivity contribution in [1.82, 2.24) is 4.42 Å². The number of carbonyl (C=O) groups is 1. The molecule has 0 aromatic heterocycles. The van der Waals surface area contributed by atoms with Gasteiger partial charge in [-0.15, -0.1) is 0 Å². The molecule has 1 saturated heterocycles. The van der Waals surface area contributed by atoms with Crippen molar-refractivity contribution in [2.75, 3.05) is 13.7 Å². The number of esters is 1. The minimum absolute atomic E-state index is 0.179. The van der Waals surface area contributed by atoms with Crippen LogP contribution in [0, 0.1) is 0 Å². The Morgan fingerprint density at radius 3 is 2.62 bits per heavy atom. The van der Waals surface area contributed by atoms with Gasteiger partial charge in [0.1, 0.15) is 6.04 Å². The summed E-state index contributed by atoms with van der Waals surface area (Å²) in [7, 11) is 1.35. The summed E-state index contributed by atoms with van der Waals surface area (Å²) in [5.74, 6) is -0.250. The van der Waals surface area contributed by atoms with Crippen LogP contribution < -0.4 is 0 Å². The maximum atomic E-state index is 10.4. The lowest BCUT2D eigenvalue weighted by Gasteiger charge is -1.90. The molecule has 4 heteroatoms. The highest BCUT2D eigenvalue weighted by atomic mass is 35.5. The fourth-order valence-corrected chi connectivity index (χ4v) is 0.653. The summed E-state index contributed by atoms with van der Waals surface area (Å²) >= 11 is 5.36. The molecule has 1 aliphatic heterocycles. The predicted octanol–water partition coefficient (Wildman–Crippen LogP) is -0.00260. The second-order valence-corrected chi connectivity index (χ2v) is 2.06. The van der Waals surface area contributed by atoms with E-state index in [2.05, 4.69) is 4.74 Å². The van der Waals surface area contributed by atoms with Gasteiger partial charge < -0.3 is 4.74 Å². The Bertz CT molecular complexity index is 117. The normalized spacial score (nSPS) is 34.2. The number of carbonyl (C=O) groups excluding carboxylic acids is 1. The number of rotatable bonds is 1. The van der Waals surface area contributed by atoms with Crippen molar-refractivity contribution in [3.63, 3.8) is 0 Å². The molecule has 1 heterocycles. The Hall–Kier alpha value is -0.280. The molecule has 8 heavy (non-hydrogen) atoms. The van der Waals surface area contributed by atoms with Crippen LogP contribution in [0.3, 0.4) is 0 Å². The first-order chi connectivity index (χ1) is 3.75. The molecule has 0 spiro atoms. The molecule has 1 fully saturated rings. The Morgan fingerprint density at radius 1 is 2.00 bits per heavy atom. The Balaban J connectivity index is 2.28. The minimum atomic E-state index is -0.250. The molecule has 2 atom stereocenters. The molecule has 1 rings (SSSR count). The van der Waals surface area contributed by atoms with Crippen LogP contribution >= 0.6 is 11.8 Å². The van der Waals surface area contributed by atoms with Gasteiger partial charge in [0.25, 0.3) is 0 Å². The third-order valence-electron chi connectivity index (χ3n) is 1.03. The summed E-state index contributed by atoms with van der Waals surface area (Å²) in [6.45, 7) is 0.619. The molecule has 0 N–H and O–H groups in total. The smallest absolute Gasteiger partial charge is 0.325 e. The zero-order chi connectivity index (χ0) is 6.15. The van der Waals surface area contributed by atoms with Gasteiger partial charge >= 0.3 is 5.97 Å². The van der Waals surface area contributed by atoms with E-state index in [1.54, 1.807) is 0 Å². The number of halogens is 1. The van der Waals surface area contributed by atoms with Crippen LogP contribution in [-0.4, -0.2) is 30.1 Å². The Labute approximate surface area is 52.3 Å². The molecule has 0 aromatic carbocycles. The number of nitrogens with zero attached hydrogens (tertiary/aromatic N) is 1. The average Bonchev–Trinajstić information content (AvgIpc) is 2.45. The van der Waals surface area contributed by atoms with Gasteiger partial charge in [-0.25, -0.2) is 4.42 Å². The highest BCUT2D eigenvalue weighted by molar-refractivity contribution is 6.17. The van der Waals surface area contributed by atoms with E-state index in [0.717, 1.165) is 0 Å². The zero-order valence-corrected chi connectivity index (χ0v) is 5.18. The van der Waals surface area contributed by atoms with E-state index in [1.165, 1.54) is 11.5 Å². The summed E-state index contributed by atoms with van der Waals surface area (Å²) in [5, 5.41) is 0. The largest absolute Gasteiger partial charge is 0.468 e. The third kappa shape index (κ3) is 0.928. The Morgan fingerprint density at radius 2 is 2.50 bits per heavy atom. The van der Waals surface area contributed by atoms with E-state index in [0.29, 0.717) is 6.54 Å². The van der Waals surface area contributed by atoms with Crippen LogP contribution in [0.15, 0.2) is 0 Å². The second-order valence-electron chi connectivity index (χ2n) is 1.62. The van der Waals surface area contributed by atoms with E-state index in [4.69, 9.17) is 11.8 Å². The van der Waals surface area contributed by atoms with Gasteiger partial charge in [-0.1, -0.05) is 0 Å². The topological polar surface area (TPSA) is 29.3 Å². The van der Waals surface area contributed by atoms with Crippen molar-refractivity contribution >= 4 is 17.7 Å². The fraction of sp³-hybridized carbons (Fsp3) is 0.750. The van der Waals surface area contributed by atoms with Gasteiger partial charge in [0.15, 0.2) is 0 Å². The maximum Gasteiger partial charge on any atom is 0.325 e. The second kappa shape index (κ2) is 1.91.